The number of benzene rings is 1. The smallest absolute Gasteiger partial charge is 0.263 e. The van der Waals surface area contributed by atoms with Crippen LogP contribution in [0.5, 0.6) is 0 Å². The van der Waals surface area contributed by atoms with Crippen LogP contribution in [0.15, 0.2) is 41.4 Å². The molecule has 0 aliphatic rings. The second-order valence-electron chi connectivity index (χ2n) is 5.82. The van der Waals surface area contributed by atoms with Gasteiger partial charge in [0.05, 0.1) is 18.3 Å². The molecular formula is C16H19F2N3O3S. The molecule has 2 aromatic rings. The van der Waals surface area contributed by atoms with E-state index in [4.69, 9.17) is 0 Å². The SMILES string of the molecule is CC(C)[C@@H](CO)Nc1ccc(S(=O)(=O)Nc2cc(F)cc(F)c2)cn1. The van der Waals surface area contributed by atoms with Crippen LogP contribution >= 0.6 is 0 Å². The van der Waals surface area contributed by atoms with Crippen molar-refractivity contribution in [3.8, 4) is 0 Å². The summed E-state index contributed by atoms with van der Waals surface area (Å²) in [6.07, 6.45) is 1.12. The first kappa shape index (κ1) is 19.1. The van der Waals surface area contributed by atoms with E-state index >= 15 is 0 Å². The van der Waals surface area contributed by atoms with Crippen LogP contribution in [0.1, 0.15) is 13.8 Å². The molecule has 1 heterocycles. The van der Waals surface area contributed by atoms with Crippen molar-refractivity contribution in [1.82, 2.24) is 4.98 Å². The number of sulfonamides is 1. The fourth-order valence-corrected chi connectivity index (χ4v) is 3.05. The number of pyridine rings is 1. The van der Waals surface area contributed by atoms with Crippen LogP contribution in [-0.2, 0) is 10.0 Å². The summed E-state index contributed by atoms with van der Waals surface area (Å²) in [7, 11) is -4.04. The van der Waals surface area contributed by atoms with Crippen molar-refractivity contribution in [2.45, 2.75) is 24.8 Å². The predicted molar refractivity (Wildman–Crippen MR) is 90.7 cm³/mol. The maximum Gasteiger partial charge on any atom is 0.263 e. The first-order valence-corrected chi connectivity index (χ1v) is 9.02. The molecular weight excluding hydrogens is 352 g/mol. The van der Waals surface area contributed by atoms with Crippen molar-refractivity contribution in [3.05, 3.63) is 48.2 Å². The highest BCUT2D eigenvalue weighted by Crippen LogP contribution is 2.19. The number of nitrogens with one attached hydrogen (secondary N) is 2. The average Bonchev–Trinajstić information content (AvgIpc) is 2.51. The Morgan fingerprint density at radius 3 is 2.28 bits per heavy atom. The van der Waals surface area contributed by atoms with Gasteiger partial charge < -0.3 is 10.4 Å². The lowest BCUT2D eigenvalue weighted by atomic mass is 10.1. The van der Waals surface area contributed by atoms with Crippen molar-refractivity contribution < 1.29 is 22.3 Å². The molecule has 25 heavy (non-hydrogen) atoms. The van der Waals surface area contributed by atoms with Gasteiger partial charge in [-0.2, -0.15) is 0 Å². The maximum atomic E-state index is 13.2. The van der Waals surface area contributed by atoms with Gasteiger partial charge in [0.2, 0.25) is 0 Å². The van der Waals surface area contributed by atoms with Crippen LogP contribution in [0.25, 0.3) is 0 Å². The third-order valence-corrected chi connectivity index (χ3v) is 4.86. The number of aliphatic hydroxyl groups is 1. The number of nitrogens with zero attached hydrogens (tertiary/aromatic N) is 1. The molecule has 3 N–H and O–H groups in total. The van der Waals surface area contributed by atoms with E-state index in [-0.39, 0.29) is 29.1 Å². The standard InChI is InChI=1S/C16H19F2N3O3S/c1-10(2)15(9-22)20-16-4-3-14(8-19-16)25(23,24)21-13-6-11(17)5-12(18)7-13/h3-8,10,15,21-22H,9H2,1-2H3,(H,19,20)/t15-/m1/s1. The van der Waals surface area contributed by atoms with Crippen molar-refractivity contribution in [3.63, 3.8) is 0 Å². The molecule has 0 spiro atoms. The Morgan fingerprint density at radius 2 is 1.80 bits per heavy atom. The Hall–Kier alpha value is -2.26. The predicted octanol–water partition coefficient (Wildman–Crippen LogP) is 2.59. The molecule has 0 amide bonds. The normalized spacial score (nSPS) is 12.9. The fraction of sp³-hybridized carbons (Fsp3) is 0.312. The minimum atomic E-state index is -4.04. The molecule has 1 aromatic carbocycles. The van der Waals surface area contributed by atoms with Gasteiger partial charge >= 0.3 is 0 Å². The Kier molecular flexibility index (Phi) is 5.91. The van der Waals surface area contributed by atoms with Crippen LogP contribution < -0.4 is 10.0 Å². The Morgan fingerprint density at radius 1 is 1.16 bits per heavy atom. The van der Waals surface area contributed by atoms with Gasteiger partial charge in [0.1, 0.15) is 22.3 Å². The van der Waals surface area contributed by atoms with Crippen LogP contribution in [-0.4, -0.2) is 31.2 Å². The fourth-order valence-electron chi connectivity index (χ4n) is 2.06. The summed E-state index contributed by atoms with van der Waals surface area (Å²) in [6.45, 7) is 3.76. The van der Waals surface area contributed by atoms with Crippen LogP contribution in [0.4, 0.5) is 20.3 Å². The number of hydrogen-bond acceptors (Lipinski definition) is 5. The number of aromatic nitrogens is 1. The lowest BCUT2D eigenvalue weighted by molar-refractivity contribution is 0.249. The second-order valence-corrected chi connectivity index (χ2v) is 7.50. The first-order chi connectivity index (χ1) is 11.7. The lowest BCUT2D eigenvalue weighted by Gasteiger charge is -2.20. The van der Waals surface area contributed by atoms with Crippen LogP contribution in [0, 0.1) is 17.6 Å². The lowest BCUT2D eigenvalue weighted by Crippen LogP contribution is -2.29. The molecule has 1 atom stereocenters. The quantitative estimate of drug-likeness (QED) is 0.696. The molecule has 0 aliphatic heterocycles. The van der Waals surface area contributed by atoms with E-state index < -0.39 is 21.7 Å². The van der Waals surface area contributed by atoms with Crippen molar-refractivity contribution >= 4 is 21.5 Å². The van der Waals surface area contributed by atoms with Gasteiger partial charge in [0.15, 0.2) is 0 Å². The summed E-state index contributed by atoms with van der Waals surface area (Å²) in [5.74, 6) is -1.22. The summed E-state index contributed by atoms with van der Waals surface area (Å²) in [6, 6.07) is 4.93. The summed E-state index contributed by atoms with van der Waals surface area (Å²) in [5, 5.41) is 12.3. The zero-order valence-electron chi connectivity index (χ0n) is 13.7. The highest BCUT2D eigenvalue weighted by Gasteiger charge is 2.17. The number of halogens is 2. The molecule has 0 saturated heterocycles. The van der Waals surface area contributed by atoms with E-state index in [9.17, 15) is 22.3 Å². The molecule has 1 aromatic heterocycles. The van der Waals surface area contributed by atoms with E-state index in [0.29, 0.717) is 11.9 Å². The minimum Gasteiger partial charge on any atom is -0.394 e. The molecule has 136 valence electrons. The topological polar surface area (TPSA) is 91.3 Å². The first-order valence-electron chi connectivity index (χ1n) is 7.53. The number of anilines is 2. The largest absolute Gasteiger partial charge is 0.394 e. The van der Waals surface area contributed by atoms with Gasteiger partial charge in [-0.15, -0.1) is 0 Å². The summed E-state index contributed by atoms with van der Waals surface area (Å²) in [5.41, 5.74) is -0.222. The summed E-state index contributed by atoms with van der Waals surface area (Å²) >= 11 is 0. The monoisotopic (exact) mass is 371 g/mol. The molecule has 0 fully saturated rings. The number of hydrogen-bond donors (Lipinski definition) is 3. The molecule has 9 heteroatoms. The van der Waals surface area contributed by atoms with Gasteiger partial charge in [-0.05, 0) is 30.2 Å². The molecule has 2 rings (SSSR count). The van der Waals surface area contributed by atoms with Crippen molar-refractivity contribution in [2.75, 3.05) is 16.6 Å². The summed E-state index contributed by atoms with van der Waals surface area (Å²) < 4.78 is 53.0. The molecule has 0 saturated carbocycles. The Balaban J connectivity index is 2.17. The van der Waals surface area contributed by atoms with E-state index in [1.54, 1.807) is 0 Å². The van der Waals surface area contributed by atoms with Gasteiger partial charge in [-0.1, -0.05) is 13.8 Å². The Bertz CT molecular complexity index is 807. The minimum absolute atomic E-state index is 0.0912. The van der Waals surface area contributed by atoms with Gasteiger partial charge in [-0.3, -0.25) is 4.72 Å². The highest BCUT2D eigenvalue weighted by atomic mass is 32.2. The van der Waals surface area contributed by atoms with Gasteiger partial charge in [-0.25, -0.2) is 22.2 Å². The van der Waals surface area contributed by atoms with Gasteiger partial charge in [0.25, 0.3) is 10.0 Å². The average molecular weight is 371 g/mol. The summed E-state index contributed by atoms with van der Waals surface area (Å²) in [4.78, 5) is 3.84. The van der Waals surface area contributed by atoms with Gasteiger partial charge in [0, 0.05) is 12.3 Å². The maximum absolute atomic E-state index is 13.2. The zero-order chi connectivity index (χ0) is 18.6. The zero-order valence-corrected chi connectivity index (χ0v) is 14.5. The van der Waals surface area contributed by atoms with E-state index in [1.165, 1.54) is 12.1 Å². The third kappa shape index (κ3) is 5.10. The molecule has 0 unspecified atom stereocenters. The van der Waals surface area contributed by atoms with Crippen molar-refractivity contribution in [2.24, 2.45) is 5.92 Å². The van der Waals surface area contributed by atoms with Crippen LogP contribution in [0.2, 0.25) is 0 Å². The number of rotatable bonds is 7. The second kappa shape index (κ2) is 7.75. The third-order valence-electron chi connectivity index (χ3n) is 3.50. The Labute approximate surface area is 145 Å². The molecule has 0 radical (unpaired) electrons. The number of aliphatic hydroxyl groups excluding tert-OH is 1. The van der Waals surface area contributed by atoms with E-state index in [2.05, 4.69) is 15.0 Å². The highest BCUT2D eigenvalue weighted by molar-refractivity contribution is 7.92. The molecule has 6 nitrogen and oxygen atoms in total. The molecule has 0 bridgehead atoms. The molecule has 0 aliphatic carbocycles. The van der Waals surface area contributed by atoms with Crippen molar-refractivity contribution in [1.29, 1.82) is 0 Å². The van der Waals surface area contributed by atoms with E-state index in [1.807, 2.05) is 13.8 Å². The van der Waals surface area contributed by atoms with Crippen LogP contribution in [0.3, 0.4) is 0 Å². The van der Waals surface area contributed by atoms with E-state index in [0.717, 1.165) is 18.3 Å².